The lowest BCUT2D eigenvalue weighted by Crippen LogP contribution is -2.35. The highest BCUT2D eigenvalue weighted by molar-refractivity contribution is 6.33. The molecule has 0 saturated carbocycles. The van der Waals surface area contributed by atoms with E-state index in [2.05, 4.69) is 10.5 Å². The molecule has 2 rings (SSSR count). The Morgan fingerprint density at radius 1 is 1.36 bits per heavy atom. The second-order valence-electron chi connectivity index (χ2n) is 5.21. The van der Waals surface area contributed by atoms with Crippen LogP contribution in [-0.2, 0) is 16.1 Å². The molecule has 5 nitrogen and oxygen atoms in total. The zero-order valence-electron chi connectivity index (χ0n) is 12.8. The highest BCUT2D eigenvalue weighted by atomic mass is 35.5. The largest absolute Gasteiger partial charge is 0.366 e. The molecule has 6 heteroatoms. The van der Waals surface area contributed by atoms with Gasteiger partial charge in [-0.3, -0.25) is 4.79 Å². The Labute approximate surface area is 134 Å². The van der Waals surface area contributed by atoms with Gasteiger partial charge in [-0.25, -0.2) is 0 Å². The Morgan fingerprint density at radius 3 is 2.77 bits per heavy atom. The Hall–Kier alpha value is -1.85. The predicted octanol–water partition coefficient (Wildman–Crippen LogP) is 3.42. The topological polar surface area (TPSA) is 64.4 Å². The van der Waals surface area contributed by atoms with Crippen LogP contribution in [0.1, 0.15) is 26.5 Å². The average molecular weight is 323 g/mol. The van der Waals surface area contributed by atoms with Crippen LogP contribution >= 0.6 is 11.6 Å². The molecule has 1 N–H and O–H groups in total. The molecule has 1 amide bonds. The van der Waals surface area contributed by atoms with Crippen molar-refractivity contribution < 1.29 is 14.1 Å². The molecule has 1 unspecified atom stereocenters. The maximum Gasteiger partial charge on any atom is 0.249 e. The van der Waals surface area contributed by atoms with Crippen molar-refractivity contribution in [1.82, 2.24) is 10.5 Å². The number of carbonyl (C=O) groups excluding carboxylic acids is 1. The molecule has 0 aliphatic rings. The van der Waals surface area contributed by atoms with Crippen molar-refractivity contribution in [2.75, 3.05) is 0 Å². The van der Waals surface area contributed by atoms with Crippen LogP contribution in [0, 0.1) is 0 Å². The minimum atomic E-state index is -0.505. The van der Waals surface area contributed by atoms with Gasteiger partial charge in [0.1, 0.15) is 11.8 Å². The van der Waals surface area contributed by atoms with E-state index in [4.69, 9.17) is 20.9 Å². The van der Waals surface area contributed by atoms with Crippen molar-refractivity contribution in [3.8, 4) is 11.3 Å². The lowest BCUT2D eigenvalue weighted by molar-refractivity contribution is -0.134. The van der Waals surface area contributed by atoms with Crippen LogP contribution in [0.3, 0.4) is 0 Å². The predicted molar refractivity (Wildman–Crippen MR) is 84.5 cm³/mol. The summed E-state index contributed by atoms with van der Waals surface area (Å²) in [4.78, 5) is 11.9. The molecule has 2 aromatic rings. The molecule has 0 aliphatic carbocycles. The summed E-state index contributed by atoms with van der Waals surface area (Å²) < 4.78 is 10.7. The zero-order chi connectivity index (χ0) is 16.1. The summed E-state index contributed by atoms with van der Waals surface area (Å²) in [6.45, 7) is 5.76. The third-order valence-electron chi connectivity index (χ3n) is 2.99. The summed E-state index contributed by atoms with van der Waals surface area (Å²) in [7, 11) is 0. The van der Waals surface area contributed by atoms with Crippen LogP contribution in [0.4, 0.5) is 0 Å². The van der Waals surface area contributed by atoms with E-state index in [1.54, 1.807) is 19.1 Å². The minimum Gasteiger partial charge on any atom is -0.366 e. The first-order valence-corrected chi connectivity index (χ1v) is 7.49. The standard InChI is InChI=1S/C16H19ClN2O3/c1-10(2)21-11(3)16(20)18-9-12-8-15(22-19-12)13-6-4-5-7-14(13)17/h4-8,10-11H,9H2,1-3H3,(H,18,20). The van der Waals surface area contributed by atoms with E-state index in [0.717, 1.165) is 5.56 Å². The Balaban J connectivity index is 1.96. The maximum atomic E-state index is 11.9. The number of ether oxygens (including phenoxy) is 1. The van der Waals surface area contributed by atoms with Crippen molar-refractivity contribution in [2.45, 2.75) is 39.5 Å². The first-order valence-electron chi connectivity index (χ1n) is 7.11. The zero-order valence-corrected chi connectivity index (χ0v) is 13.6. The molecule has 0 aliphatic heterocycles. The number of amides is 1. The first-order chi connectivity index (χ1) is 10.5. The fourth-order valence-corrected chi connectivity index (χ4v) is 2.20. The van der Waals surface area contributed by atoms with Gasteiger partial charge >= 0.3 is 0 Å². The van der Waals surface area contributed by atoms with E-state index in [-0.39, 0.29) is 18.6 Å². The van der Waals surface area contributed by atoms with Gasteiger partial charge < -0.3 is 14.6 Å². The second kappa shape index (κ2) is 7.42. The first kappa shape index (κ1) is 16.5. The van der Waals surface area contributed by atoms with Crippen LogP contribution in [0.5, 0.6) is 0 Å². The highest BCUT2D eigenvalue weighted by Crippen LogP contribution is 2.27. The van der Waals surface area contributed by atoms with Crippen molar-refractivity contribution in [3.63, 3.8) is 0 Å². The van der Waals surface area contributed by atoms with Crippen LogP contribution in [0.25, 0.3) is 11.3 Å². The molecular weight excluding hydrogens is 304 g/mol. The highest BCUT2D eigenvalue weighted by Gasteiger charge is 2.16. The Morgan fingerprint density at radius 2 is 2.09 bits per heavy atom. The van der Waals surface area contributed by atoms with Crippen LogP contribution in [0.15, 0.2) is 34.9 Å². The third kappa shape index (κ3) is 4.32. The summed E-state index contributed by atoms with van der Waals surface area (Å²) in [5, 5.41) is 7.29. The molecule has 118 valence electrons. The van der Waals surface area contributed by atoms with Gasteiger partial charge in [0.15, 0.2) is 5.76 Å². The smallest absolute Gasteiger partial charge is 0.249 e. The van der Waals surface area contributed by atoms with Crippen molar-refractivity contribution >= 4 is 17.5 Å². The van der Waals surface area contributed by atoms with E-state index in [1.807, 2.05) is 32.0 Å². The summed E-state index contributed by atoms with van der Waals surface area (Å²) in [5.74, 6) is 0.386. The average Bonchev–Trinajstić information content (AvgIpc) is 2.93. The summed E-state index contributed by atoms with van der Waals surface area (Å²) in [6, 6.07) is 9.11. The minimum absolute atomic E-state index is 0.000347. The molecule has 1 atom stereocenters. The van der Waals surface area contributed by atoms with E-state index in [0.29, 0.717) is 16.5 Å². The van der Waals surface area contributed by atoms with Gasteiger partial charge in [0.05, 0.1) is 17.7 Å². The number of hydrogen-bond acceptors (Lipinski definition) is 4. The monoisotopic (exact) mass is 322 g/mol. The third-order valence-corrected chi connectivity index (χ3v) is 3.32. The lowest BCUT2D eigenvalue weighted by atomic mass is 10.1. The van der Waals surface area contributed by atoms with Gasteiger partial charge in [-0.2, -0.15) is 0 Å². The number of hydrogen-bond donors (Lipinski definition) is 1. The molecule has 0 spiro atoms. The van der Waals surface area contributed by atoms with Gasteiger partial charge in [-0.1, -0.05) is 28.9 Å². The number of nitrogens with one attached hydrogen (secondary N) is 1. The molecule has 0 saturated heterocycles. The molecule has 0 bridgehead atoms. The van der Waals surface area contributed by atoms with Crippen LogP contribution in [-0.4, -0.2) is 23.3 Å². The number of rotatable bonds is 6. The quantitative estimate of drug-likeness (QED) is 0.885. The summed E-state index contributed by atoms with van der Waals surface area (Å²) >= 11 is 6.11. The SMILES string of the molecule is CC(C)OC(C)C(=O)NCc1cc(-c2ccccc2Cl)on1. The molecule has 1 aromatic carbocycles. The van der Waals surface area contributed by atoms with Crippen molar-refractivity contribution in [3.05, 3.63) is 41.0 Å². The number of aromatic nitrogens is 1. The Kier molecular flexibility index (Phi) is 5.57. The molecule has 1 heterocycles. The second-order valence-corrected chi connectivity index (χ2v) is 5.61. The van der Waals surface area contributed by atoms with Crippen LogP contribution < -0.4 is 5.32 Å². The fourth-order valence-electron chi connectivity index (χ4n) is 1.97. The molecule has 1 aromatic heterocycles. The Bertz CT molecular complexity index is 640. The van der Waals surface area contributed by atoms with Gasteiger partial charge in [-0.15, -0.1) is 0 Å². The maximum absolute atomic E-state index is 11.9. The molecule has 22 heavy (non-hydrogen) atoms. The number of nitrogens with zero attached hydrogens (tertiary/aromatic N) is 1. The fraction of sp³-hybridized carbons (Fsp3) is 0.375. The number of carbonyl (C=O) groups is 1. The van der Waals surface area contributed by atoms with Gasteiger partial charge in [-0.05, 0) is 32.9 Å². The molecule has 0 radical (unpaired) electrons. The molecular formula is C16H19ClN2O3. The van der Waals surface area contributed by atoms with Crippen LogP contribution in [0.2, 0.25) is 5.02 Å². The van der Waals surface area contributed by atoms with E-state index >= 15 is 0 Å². The lowest BCUT2D eigenvalue weighted by Gasteiger charge is -2.15. The number of halogens is 1. The van der Waals surface area contributed by atoms with E-state index in [9.17, 15) is 4.79 Å². The summed E-state index contributed by atoms with van der Waals surface area (Å²) in [6.07, 6.45) is -0.505. The molecule has 0 fully saturated rings. The van der Waals surface area contributed by atoms with E-state index < -0.39 is 6.10 Å². The van der Waals surface area contributed by atoms with Gasteiger partial charge in [0, 0.05) is 11.6 Å². The van der Waals surface area contributed by atoms with Gasteiger partial charge in [0.25, 0.3) is 0 Å². The normalized spacial score (nSPS) is 12.4. The van der Waals surface area contributed by atoms with Crippen molar-refractivity contribution in [2.24, 2.45) is 0 Å². The van der Waals surface area contributed by atoms with Crippen molar-refractivity contribution in [1.29, 1.82) is 0 Å². The van der Waals surface area contributed by atoms with E-state index in [1.165, 1.54) is 0 Å². The summed E-state index contributed by atoms with van der Waals surface area (Å²) in [5.41, 5.74) is 1.39. The number of benzene rings is 1. The van der Waals surface area contributed by atoms with Gasteiger partial charge in [0.2, 0.25) is 5.91 Å².